The number of likely N-dealkylation sites (tertiary alicyclic amines) is 1. The molecule has 1 fully saturated rings. The van der Waals surface area contributed by atoms with Crippen molar-refractivity contribution in [1.82, 2.24) is 15.1 Å². The molecule has 19 heavy (non-hydrogen) atoms. The third-order valence-electron chi connectivity index (χ3n) is 2.96. The summed E-state index contributed by atoms with van der Waals surface area (Å²) in [4.78, 5) is 13.3. The molecule has 0 radical (unpaired) electrons. The summed E-state index contributed by atoms with van der Waals surface area (Å²) in [5.41, 5.74) is 0. The van der Waals surface area contributed by atoms with Crippen LogP contribution in [0.4, 0.5) is 0 Å². The maximum absolute atomic E-state index is 11.5. The number of methoxy groups -OCH3 is 1. The topological polar surface area (TPSA) is 64.6 Å². The monoisotopic (exact) mass is 285 g/mol. The molecule has 1 unspecified atom stereocenters. The Hall–Kier alpha value is -1.56. The van der Waals surface area contributed by atoms with Crippen molar-refractivity contribution in [3.63, 3.8) is 0 Å². The fraction of sp³-hybridized carbons (Fsp3) is 0.583. The number of amides is 1. The van der Waals surface area contributed by atoms with Gasteiger partial charge in [-0.1, -0.05) is 0 Å². The molecule has 1 aromatic rings. The maximum atomic E-state index is 11.5. The quantitative estimate of drug-likeness (QED) is 0.775. The molecule has 7 heteroatoms. The zero-order chi connectivity index (χ0) is 13.7. The first-order valence-electron chi connectivity index (χ1n) is 6.11. The van der Waals surface area contributed by atoms with Gasteiger partial charge in [0.1, 0.15) is 12.0 Å². The largest absolute Gasteiger partial charge is 0.480 e. The van der Waals surface area contributed by atoms with Crippen LogP contribution in [0.25, 0.3) is 0 Å². The van der Waals surface area contributed by atoms with E-state index in [9.17, 15) is 4.79 Å². The Morgan fingerprint density at radius 1 is 1.47 bits per heavy atom. The molecule has 0 aromatic carbocycles. The van der Waals surface area contributed by atoms with Gasteiger partial charge in [-0.05, 0) is 12.8 Å². The molecule has 6 nitrogen and oxygen atoms in total. The molecule has 0 bridgehead atoms. The fourth-order valence-corrected chi connectivity index (χ4v) is 2.16. The molecule has 1 atom stereocenters. The average Bonchev–Trinajstić information content (AvgIpc) is 2.47. The summed E-state index contributed by atoms with van der Waals surface area (Å²) in [6, 6.07) is 3.39. The van der Waals surface area contributed by atoms with E-state index in [1.165, 1.54) is 7.11 Å². The standard InChI is InChI=1S/C12H16ClN3O3/c1-18-10-4-5-11(15-14-10)19-9-3-2-6-16(8-9)12(17)7-13/h4-5,9H,2-3,6-8H2,1H3. The highest BCUT2D eigenvalue weighted by molar-refractivity contribution is 6.27. The smallest absolute Gasteiger partial charge is 0.237 e. The molecule has 0 saturated carbocycles. The highest BCUT2D eigenvalue weighted by atomic mass is 35.5. The van der Waals surface area contributed by atoms with E-state index in [4.69, 9.17) is 21.1 Å². The van der Waals surface area contributed by atoms with Gasteiger partial charge in [0.25, 0.3) is 0 Å². The van der Waals surface area contributed by atoms with Gasteiger partial charge in [0.2, 0.25) is 17.7 Å². The fourth-order valence-electron chi connectivity index (χ4n) is 2.00. The molecule has 2 rings (SSSR count). The molecule has 2 heterocycles. The second-order valence-electron chi connectivity index (χ2n) is 4.27. The Balaban J connectivity index is 1.92. The zero-order valence-electron chi connectivity index (χ0n) is 10.7. The summed E-state index contributed by atoms with van der Waals surface area (Å²) >= 11 is 5.56. The summed E-state index contributed by atoms with van der Waals surface area (Å²) in [5, 5.41) is 7.74. The third kappa shape index (κ3) is 3.70. The number of hydrogen-bond donors (Lipinski definition) is 0. The highest BCUT2D eigenvalue weighted by Crippen LogP contribution is 2.17. The van der Waals surface area contributed by atoms with Crippen LogP contribution in [0.5, 0.6) is 11.8 Å². The Morgan fingerprint density at radius 2 is 2.21 bits per heavy atom. The van der Waals surface area contributed by atoms with E-state index in [0.717, 1.165) is 19.4 Å². The molecule has 1 aliphatic heterocycles. The van der Waals surface area contributed by atoms with Gasteiger partial charge in [0, 0.05) is 18.7 Å². The lowest BCUT2D eigenvalue weighted by Crippen LogP contribution is -2.45. The lowest BCUT2D eigenvalue weighted by atomic mass is 10.1. The predicted molar refractivity (Wildman–Crippen MR) is 69.5 cm³/mol. The van der Waals surface area contributed by atoms with E-state index in [2.05, 4.69) is 10.2 Å². The number of carbonyl (C=O) groups excluding carboxylic acids is 1. The summed E-state index contributed by atoms with van der Waals surface area (Å²) < 4.78 is 10.6. The van der Waals surface area contributed by atoms with Gasteiger partial charge in [0.15, 0.2) is 0 Å². The average molecular weight is 286 g/mol. The van der Waals surface area contributed by atoms with E-state index in [1.54, 1.807) is 17.0 Å². The molecule has 1 aliphatic rings. The van der Waals surface area contributed by atoms with E-state index >= 15 is 0 Å². The lowest BCUT2D eigenvalue weighted by Gasteiger charge is -2.32. The number of aromatic nitrogens is 2. The minimum atomic E-state index is -0.0661. The summed E-state index contributed by atoms with van der Waals surface area (Å²) in [6.07, 6.45) is 1.72. The number of piperidine rings is 1. The first kappa shape index (κ1) is 13.9. The highest BCUT2D eigenvalue weighted by Gasteiger charge is 2.24. The van der Waals surface area contributed by atoms with E-state index < -0.39 is 0 Å². The second kappa shape index (κ2) is 6.56. The van der Waals surface area contributed by atoms with E-state index in [0.29, 0.717) is 18.3 Å². The lowest BCUT2D eigenvalue weighted by molar-refractivity contribution is -0.131. The van der Waals surface area contributed by atoms with E-state index in [1.807, 2.05) is 0 Å². The van der Waals surface area contributed by atoms with Gasteiger partial charge in [0.05, 0.1) is 13.7 Å². The van der Waals surface area contributed by atoms with Crippen LogP contribution < -0.4 is 9.47 Å². The van der Waals surface area contributed by atoms with Gasteiger partial charge in [-0.2, -0.15) is 0 Å². The number of nitrogens with zero attached hydrogens (tertiary/aromatic N) is 3. The molecule has 0 aliphatic carbocycles. The van der Waals surface area contributed by atoms with Crippen molar-refractivity contribution >= 4 is 17.5 Å². The van der Waals surface area contributed by atoms with Crippen molar-refractivity contribution < 1.29 is 14.3 Å². The minimum Gasteiger partial charge on any atom is -0.480 e. The van der Waals surface area contributed by atoms with Gasteiger partial charge >= 0.3 is 0 Å². The van der Waals surface area contributed by atoms with Crippen molar-refractivity contribution in [2.45, 2.75) is 18.9 Å². The minimum absolute atomic E-state index is 0.00899. The van der Waals surface area contributed by atoms with Gasteiger partial charge in [-0.15, -0.1) is 21.8 Å². The van der Waals surface area contributed by atoms with Crippen LogP contribution >= 0.6 is 11.6 Å². The number of carbonyl (C=O) groups is 1. The molecular formula is C12H16ClN3O3. The Kier molecular flexibility index (Phi) is 4.79. The second-order valence-corrected chi connectivity index (χ2v) is 4.54. The SMILES string of the molecule is COc1ccc(OC2CCCN(C(=O)CCl)C2)nn1. The predicted octanol–water partition coefficient (Wildman–Crippen LogP) is 1.09. The third-order valence-corrected chi connectivity index (χ3v) is 3.19. The zero-order valence-corrected chi connectivity index (χ0v) is 11.5. The van der Waals surface area contributed by atoms with Gasteiger partial charge in [-0.3, -0.25) is 4.79 Å². The van der Waals surface area contributed by atoms with Crippen molar-refractivity contribution in [1.29, 1.82) is 0 Å². The molecule has 1 amide bonds. The first-order valence-corrected chi connectivity index (χ1v) is 6.64. The van der Waals surface area contributed by atoms with Crippen molar-refractivity contribution in [3.8, 4) is 11.8 Å². The molecule has 1 aromatic heterocycles. The van der Waals surface area contributed by atoms with Crippen molar-refractivity contribution in [3.05, 3.63) is 12.1 Å². The first-order chi connectivity index (χ1) is 9.22. The number of ether oxygens (including phenoxy) is 2. The van der Waals surface area contributed by atoms with Crippen LogP contribution in [0.15, 0.2) is 12.1 Å². The van der Waals surface area contributed by atoms with E-state index in [-0.39, 0.29) is 17.9 Å². The summed E-state index contributed by atoms with van der Waals surface area (Å²) in [6.45, 7) is 1.28. The van der Waals surface area contributed by atoms with Crippen LogP contribution in [0.1, 0.15) is 12.8 Å². The van der Waals surface area contributed by atoms with Crippen LogP contribution in [0, 0.1) is 0 Å². The Bertz CT molecular complexity index is 427. The summed E-state index contributed by atoms with van der Waals surface area (Å²) in [7, 11) is 1.53. The molecule has 0 spiro atoms. The Labute approximate surface area is 116 Å². The van der Waals surface area contributed by atoms with Crippen molar-refractivity contribution in [2.24, 2.45) is 0 Å². The Morgan fingerprint density at radius 3 is 2.84 bits per heavy atom. The van der Waals surface area contributed by atoms with Crippen LogP contribution in [0.2, 0.25) is 0 Å². The number of hydrogen-bond acceptors (Lipinski definition) is 5. The summed E-state index contributed by atoms with van der Waals surface area (Å²) in [5.74, 6) is 0.825. The van der Waals surface area contributed by atoms with Crippen molar-refractivity contribution in [2.75, 3.05) is 26.1 Å². The molecule has 1 saturated heterocycles. The van der Waals surface area contributed by atoms with Gasteiger partial charge in [-0.25, -0.2) is 0 Å². The van der Waals surface area contributed by atoms with Crippen LogP contribution in [-0.4, -0.2) is 53.2 Å². The van der Waals surface area contributed by atoms with Crippen LogP contribution in [-0.2, 0) is 4.79 Å². The number of rotatable bonds is 4. The van der Waals surface area contributed by atoms with Crippen LogP contribution in [0.3, 0.4) is 0 Å². The molecular weight excluding hydrogens is 270 g/mol. The normalized spacial score (nSPS) is 19.1. The molecule has 104 valence electrons. The van der Waals surface area contributed by atoms with Gasteiger partial charge < -0.3 is 14.4 Å². The number of halogens is 1. The maximum Gasteiger partial charge on any atom is 0.237 e. The number of alkyl halides is 1. The molecule has 0 N–H and O–H groups in total.